The van der Waals surface area contributed by atoms with Crippen molar-refractivity contribution in [1.29, 1.82) is 0 Å². The summed E-state index contributed by atoms with van der Waals surface area (Å²) >= 11 is 3.35. The van der Waals surface area contributed by atoms with E-state index in [-0.39, 0.29) is 5.92 Å². The number of hydrogen-bond donors (Lipinski definition) is 1. The Hall–Kier alpha value is -0.600. The van der Waals surface area contributed by atoms with E-state index < -0.39 is 6.10 Å². The van der Waals surface area contributed by atoms with Crippen LogP contribution in [0.25, 0.3) is 0 Å². The van der Waals surface area contributed by atoms with Crippen LogP contribution in [0.3, 0.4) is 0 Å². The largest absolute Gasteiger partial charge is 0.388 e. The molecule has 0 aliphatic rings. The summed E-state index contributed by atoms with van der Waals surface area (Å²) in [6.07, 6.45) is 1.30. The van der Waals surface area contributed by atoms with Crippen LogP contribution < -0.4 is 0 Å². The van der Waals surface area contributed by atoms with Crippen LogP contribution in [0, 0.1) is 5.92 Å². The molecule has 2 heteroatoms. The van der Waals surface area contributed by atoms with Crippen LogP contribution in [0.2, 0.25) is 0 Å². The molecular weight excluding hydrogens is 228 g/mol. The summed E-state index contributed by atoms with van der Waals surface area (Å²) < 4.78 is 1.02. The number of benzene rings is 1. The van der Waals surface area contributed by atoms with E-state index in [2.05, 4.69) is 22.5 Å². The van der Waals surface area contributed by atoms with E-state index in [0.29, 0.717) is 0 Å². The molecule has 0 saturated heterocycles. The van der Waals surface area contributed by atoms with Gasteiger partial charge in [-0.05, 0) is 17.7 Å². The highest BCUT2D eigenvalue weighted by Crippen LogP contribution is 2.23. The van der Waals surface area contributed by atoms with Crippen molar-refractivity contribution in [2.75, 3.05) is 0 Å². The maximum absolute atomic E-state index is 9.79. The number of aliphatic hydroxyl groups is 1. The molecule has 1 aromatic rings. The molecule has 0 heterocycles. The molecule has 13 heavy (non-hydrogen) atoms. The van der Waals surface area contributed by atoms with Gasteiger partial charge in [0.25, 0.3) is 0 Å². The highest BCUT2D eigenvalue weighted by Gasteiger charge is 2.12. The lowest BCUT2D eigenvalue weighted by atomic mass is 9.98. The van der Waals surface area contributed by atoms with Crippen molar-refractivity contribution in [2.45, 2.75) is 13.0 Å². The molecule has 1 aromatic carbocycles. The Morgan fingerprint density at radius 2 is 1.92 bits per heavy atom. The molecule has 0 radical (unpaired) electrons. The van der Waals surface area contributed by atoms with E-state index in [1.165, 1.54) is 0 Å². The lowest BCUT2D eigenvalue weighted by Gasteiger charge is -2.15. The molecule has 0 fully saturated rings. The Kier molecular flexibility index (Phi) is 3.70. The fourth-order valence-corrected chi connectivity index (χ4v) is 1.36. The van der Waals surface area contributed by atoms with Gasteiger partial charge in [0.15, 0.2) is 0 Å². The second-order valence-corrected chi connectivity index (χ2v) is 4.01. The van der Waals surface area contributed by atoms with Crippen LogP contribution in [0.4, 0.5) is 0 Å². The topological polar surface area (TPSA) is 20.2 Å². The van der Waals surface area contributed by atoms with Gasteiger partial charge >= 0.3 is 0 Å². The van der Waals surface area contributed by atoms with Crippen molar-refractivity contribution in [1.82, 2.24) is 0 Å². The lowest BCUT2D eigenvalue weighted by Crippen LogP contribution is -2.05. The molecule has 1 nitrogen and oxygen atoms in total. The first kappa shape index (κ1) is 10.5. The molecule has 0 aliphatic heterocycles. The van der Waals surface area contributed by atoms with E-state index in [9.17, 15) is 5.11 Å². The van der Waals surface area contributed by atoms with E-state index >= 15 is 0 Å². The summed E-state index contributed by atoms with van der Waals surface area (Å²) in [5.74, 6) is 0.0844. The van der Waals surface area contributed by atoms with Crippen molar-refractivity contribution in [3.05, 3.63) is 47.0 Å². The van der Waals surface area contributed by atoms with Crippen molar-refractivity contribution in [2.24, 2.45) is 5.92 Å². The molecule has 1 N–H and O–H groups in total. The van der Waals surface area contributed by atoms with Crippen molar-refractivity contribution in [3.8, 4) is 0 Å². The van der Waals surface area contributed by atoms with Gasteiger partial charge in [-0.15, -0.1) is 6.58 Å². The molecule has 0 amide bonds. The zero-order valence-electron chi connectivity index (χ0n) is 7.57. The maximum atomic E-state index is 9.79. The SMILES string of the molecule is C=C[C@@H](C)[C@@H](O)c1ccc(Br)cc1. The van der Waals surface area contributed by atoms with E-state index in [1.54, 1.807) is 6.08 Å². The van der Waals surface area contributed by atoms with Gasteiger partial charge in [-0.25, -0.2) is 0 Å². The second-order valence-electron chi connectivity index (χ2n) is 3.09. The van der Waals surface area contributed by atoms with Gasteiger partial charge in [-0.2, -0.15) is 0 Å². The zero-order chi connectivity index (χ0) is 9.84. The van der Waals surface area contributed by atoms with Gasteiger partial charge in [-0.1, -0.05) is 41.1 Å². The predicted molar refractivity (Wildman–Crippen MR) is 58.5 cm³/mol. The van der Waals surface area contributed by atoms with Crippen LogP contribution in [-0.2, 0) is 0 Å². The molecule has 0 spiro atoms. The molecule has 0 aromatic heterocycles. The molecular formula is C11H13BrO. The highest BCUT2D eigenvalue weighted by molar-refractivity contribution is 9.10. The summed E-state index contributed by atoms with van der Waals surface area (Å²) in [6, 6.07) is 7.67. The van der Waals surface area contributed by atoms with Gasteiger partial charge in [-0.3, -0.25) is 0 Å². The van der Waals surface area contributed by atoms with Crippen LogP contribution >= 0.6 is 15.9 Å². The number of halogens is 1. The Morgan fingerprint density at radius 3 is 2.38 bits per heavy atom. The Balaban J connectivity index is 2.82. The predicted octanol–water partition coefficient (Wildman–Crippen LogP) is 3.30. The molecule has 1 rings (SSSR count). The Bertz CT molecular complexity index is 279. The maximum Gasteiger partial charge on any atom is 0.0849 e. The second kappa shape index (κ2) is 4.58. The third-order valence-electron chi connectivity index (χ3n) is 2.08. The minimum absolute atomic E-state index is 0.0844. The zero-order valence-corrected chi connectivity index (χ0v) is 9.16. The molecule has 0 saturated carbocycles. The summed E-state index contributed by atoms with van der Waals surface area (Å²) in [5.41, 5.74) is 0.926. The summed E-state index contributed by atoms with van der Waals surface area (Å²) in [6.45, 7) is 5.60. The van der Waals surface area contributed by atoms with Crippen LogP contribution in [0.1, 0.15) is 18.6 Å². The highest BCUT2D eigenvalue weighted by atomic mass is 79.9. The molecule has 0 aliphatic carbocycles. The third-order valence-corrected chi connectivity index (χ3v) is 2.61. The molecule has 0 unspecified atom stereocenters. The van der Waals surface area contributed by atoms with Gasteiger partial charge in [0, 0.05) is 10.4 Å². The van der Waals surface area contributed by atoms with Crippen molar-refractivity contribution < 1.29 is 5.11 Å². The third kappa shape index (κ3) is 2.68. The summed E-state index contributed by atoms with van der Waals surface area (Å²) in [7, 11) is 0. The van der Waals surface area contributed by atoms with Gasteiger partial charge in [0.2, 0.25) is 0 Å². The fourth-order valence-electron chi connectivity index (χ4n) is 1.09. The van der Waals surface area contributed by atoms with Crippen molar-refractivity contribution in [3.63, 3.8) is 0 Å². The number of hydrogen-bond acceptors (Lipinski definition) is 1. The molecule has 70 valence electrons. The fraction of sp³-hybridized carbons (Fsp3) is 0.273. The first-order valence-corrected chi connectivity index (χ1v) is 5.00. The minimum Gasteiger partial charge on any atom is -0.388 e. The Labute approximate surface area is 87.2 Å². The van der Waals surface area contributed by atoms with E-state index in [0.717, 1.165) is 10.0 Å². The van der Waals surface area contributed by atoms with Crippen LogP contribution in [0.5, 0.6) is 0 Å². The standard InChI is InChI=1S/C11H13BrO/c1-3-8(2)11(13)9-4-6-10(12)7-5-9/h3-8,11,13H,1H2,2H3/t8-,11-/m1/s1. The van der Waals surface area contributed by atoms with E-state index in [1.807, 2.05) is 31.2 Å². The van der Waals surface area contributed by atoms with E-state index in [4.69, 9.17) is 0 Å². The average Bonchev–Trinajstić information content (AvgIpc) is 2.17. The number of aliphatic hydroxyl groups excluding tert-OH is 1. The van der Waals surface area contributed by atoms with Gasteiger partial charge < -0.3 is 5.11 Å². The minimum atomic E-state index is -0.453. The summed E-state index contributed by atoms with van der Waals surface area (Å²) in [4.78, 5) is 0. The van der Waals surface area contributed by atoms with Crippen LogP contribution in [-0.4, -0.2) is 5.11 Å². The normalized spacial score (nSPS) is 15.0. The first-order valence-electron chi connectivity index (χ1n) is 4.21. The van der Waals surface area contributed by atoms with Crippen LogP contribution in [0.15, 0.2) is 41.4 Å². The monoisotopic (exact) mass is 240 g/mol. The number of rotatable bonds is 3. The summed E-state index contributed by atoms with van der Waals surface area (Å²) in [5, 5.41) is 9.79. The smallest absolute Gasteiger partial charge is 0.0849 e. The quantitative estimate of drug-likeness (QED) is 0.805. The molecule has 0 bridgehead atoms. The first-order chi connectivity index (χ1) is 6.15. The van der Waals surface area contributed by atoms with Gasteiger partial charge in [0.05, 0.1) is 6.10 Å². The Morgan fingerprint density at radius 1 is 1.38 bits per heavy atom. The average molecular weight is 241 g/mol. The lowest BCUT2D eigenvalue weighted by molar-refractivity contribution is 0.140. The van der Waals surface area contributed by atoms with Gasteiger partial charge in [0.1, 0.15) is 0 Å². The van der Waals surface area contributed by atoms with Crippen molar-refractivity contribution >= 4 is 15.9 Å². The molecule has 2 atom stereocenters.